The molecule has 2 aliphatic rings. The van der Waals surface area contributed by atoms with Crippen LogP contribution in [-0.2, 0) is 9.59 Å². The average Bonchev–Trinajstić information content (AvgIpc) is 3.02. The van der Waals surface area contributed by atoms with E-state index in [1.54, 1.807) is 11.9 Å². The number of carboxylic acid groups (broad SMARTS) is 1. The number of nitrogens with zero attached hydrogens (tertiary/aromatic N) is 1. The Morgan fingerprint density at radius 1 is 1.26 bits per heavy atom. The fraction of sp³-hybridized carbons (Fsp3) is 0.800. The van der Waals surface area contributed by atoms with E-state index in [1.807, 2.05) is 11.8 Å². The molecule has 0 aromatic carbocycles. The van der Waals surface area contributed by atoms with Crippen molar-refractivity contribution in [3.8, 4) is 0 Å². The van der Waals surface area contributed by atoms with Crippen molar-refractivity contribution < 1.29 is 19.5 Å². The van der Waals surface area contributed by atoms with Gasteiger partial charge in [0.05, 0.1) is 12.1 Å². The third-order valence-corrected chi connectivity index (χ3v) is 5.89. The van der Waals surface area contributed by atoms with Crippen molar-refractivity contribution in [2.75, 3.05) is 19.3 Å². The van der Waals surface area contributed by atoms with Gasteiger partial charge < -0.3 is 20.6 Å². The highest BCUT2D eigenvalue weighted by atomic mass is 32.2. The zero-order valence-corrected chi connectivity index (χ0v) is 14.2. The van der Waals surface area contributed by atoms with Gasteiger partial charge in [0.15, 0.2) is 0 Å². The predicted octanol–water partition coefficient (Wildman–Crippen LogP) is 1.04. The molecule has 0 saturated carbocycles. The van der Waals surface area contributed by atoms with Crippen LogP contribution in [0, 0.1) is 0 Å². The molecular formula is C15H25N3O4S. The lowest BCUT2D eigenvalue weighted by Crippen LogP contribution is -2.36. The molecule has 23 heavy (non-hydrogen) atoms. The van der Waals surface area contributed by atoms with E-state index >= 15 is 0 Å². The summed E-state index contributed by atoms with van der Waals surface area (Å²) in [6.45, 7) is 0.491. The summed E-state index contributed by atoms with van der Waals surface area (Å²) in [7, 11) is 1.72. The van der Waals surface area contributed by atoms with Crippen LogP contribution in [0.15, 0.2) is 0 Å². The molecular weight excluding hydrogens is 318 g/mol. The Hall–Kier alpha value is -1.44. The van der Waals surface area contributed by atoms with Crippen LogP contribution in [0.2, 0.25) is 0 Å². The van der Waals surface area contributed by atoms with Crippen molar-refractivity contribution in [3.05, 3.63) is 0 Å². The number of nitrogens with one attached hydrogen (secondary N) is 2. The first kappa shape index (κ1) is 17.9. The second-order valence-electron chi connectivity index (χ2n) is 6.18. The van der Waals surface area contributed by atoms with Crippen LogP contribution in [-0.4, -0.2) is 64.6 Å². The number of hydrogen-bond donors (Lipinski definition) is 3. The summed E-state index contributed by atoms with van der Waals surface area (Å²) in [4.78, 5) is 35.3. The van der Waals surface area contributed by atoms with Gasteiger partial charge in [0.1, 0.15) is 0 Å². The smallest absolute Gasteiger partial charge is 0.315 e. The van der Waals surface area contributed by atoms with Crippen LogP contribution < -0.4 is 10.6 Å². The summed E-state index contributed by atoms with van der Waals surface area (Å²) < 4.78 is 0. The molecule has 130 valence electrons. The van der Waals surface area contributed by atoms with Crippen LogP contribution in [0.25, 0.3) is 0 Å². The van der Waals surface area contributed by atoms with Gasteiger partial charge in [-0.3, -0.25) is 9.59 Å². The summed E-state index contributed by atoms with van der Waals surface area (Å²) in [5.74, 6) is 0.203. The van der Waals surface area contributed by atoms with Crippen molar-refractivity contribution >= 4 is 29.7 Å². The number of unbranched alkanes of at least 4 members (excludes halogenated alkanes) is 1. The monoisotopic (exact) mass is 343 g/mol. The van der Waals surface area contributed by atoms with E-state index in [-0.39, 0.29) is 30.4 Å². The summed E-state index contributed by atoms with van der Waals surface area (Å²) in [6.07, 6.45) is 3.89. The molecule has 2 fully saturated rings. The molecule has 2 aliphatic heterocycles. The molecule has 0 unspecified atom stereocenters. The van der Waals surface area contributed by atoms with Gasteiger partial charge in [-0.1, -0.05) is 6.42 Å². The van der Waals surface area contributed by atoms with Crippen LogP contribution in [0.4, 0.5) is 4.79 Å². The van der Waals surface area contributed by atoms with Crippen LogP contribution in [0.3, 0.4) is 0 Å². The first-order valence-corrected chi connectivity index (χ1v) is 9.16. The Kier molecular flexibility index (Phi) is 6.56. The van der Waals surface area contributed by atoms with Crippen molar-refractivity contribution in [3.63, 3.8) is 0 Å². The maximum absolute atomic E-state index is 11.9. The number of rotatable bonds is 9. The molecule has 0 aromatic rings. The molecule has 2 rings (SSSR count). The van der Waals surface area contributed by atoms with E-state index in [0.717, 1.165) is 25.0 Å². The number of amides is 3. The van der Waals surface area contributed by atoms with Gasteiger partial charge >= 0.3 is 12.0 Å². The van der Waals surface area contributed by atoms with E-state index in [2.05, 4.69) is 10.6 Å². The normalized spacial score (nSPS) is 25.6. The fourth-order valence-corrected chi connectivity index (χ4v) is 4.59. The maximum Gasteiger partial charge on any atom is 0.315 e. The van der Waals surface area contributed by atoms with E-state index in [9.17, 15) is 14.4 Å². The molecule has 0 aliphatic carbocycles. The molecule has 0 bridgehead atoms. The summed E-state index contributed by atoms with van der Waals surface area (Å²) in [5, 5.41) is 14.9. The number of carbonyl (C=O) groups excluding carboxylic acids is 2. The molecule has 0 radical (unpaired) electrons. The molecule has 3 amide bonds. The summed E-state index contributed by atoms with van der Waals surface area (Å²) >= 11 is 1.89. The van der Waals surface area contributed by atoms with Crippen molar-refractivity contribution in [1.82, 2.24) is 15.5 Å². The number of thioether (sulfide) groups is 1. The molecule has 0 spiro atoms. The Bertz CT molecular complexity index is 460. The van der Waals surface area contributed by atoms with Crippen LogP contribution in [0.1, 0.15) is 38.5 Å². The van der Waals surface area contributed by atoms with Gasteiger partial charge in [-0.2, -0.15) is 11.8 Å². The lowest BCUT2D eigenvalue weighted by molar-refractivity contribution is -0.138. The molecule has 2 saturated heterocycles. The van der Waals surface area contributed by atoms with Gasteiger partial charge in [0, 0.05) is 37.4 Å². The minimum absolute atomic E-state index is 0.0662. The fourth-order valence-electron chi connectivity index (χ4n) is 3.05. The number of hydrogen-bond acceptors (Lipinski definition) is 4. The molecule has 3 atom stereocenters. The van der Waals surface area contributed by atoms with Gasteiger partial charge in [0.2, 0.25) is 5.91 Å². The Morgan fingerprint density at radius 3 is 2.78 bits per heavy atom. The lowest BCUT2D eigenvalue weighted by atomic mass is 10.0. The number of urea groups is 1. The minimum atomic E-state index is -0.827. The van der Waals surface area contributed by atoms with E-state index in [1.165, 1.54) is 0 Å². The van der Waals surface area contributed by atoms with Crippen molar-refractivity contribution in [2.24, 2.45) is 0 Å². The second kappa shape index (κ2) is 8.42. The molecule has 2 heterocycles. The zero-order valence-electron chi connectivity index (χ0n) is 13.4. The molecule has 8 heteroatoms. The van der Waals surface area contributed by atoms with Crippen molar-refractivity contribution in [1.29, 1.82) is 0 Å². The summed E-state index contributed by atoms with van der Waals surface area (Å²) in [6, 6.07) is 0.407. The number of fused-ring (bicyclic) bond motifs is 1. The maximum atomic E-state index is 11.9. The Labute approximate surface area is 140 Å². The van der Waals surface area contributed by atoms with Crippen molar-refractivity contribution in [2.45, 2.75) is 55.9 Å². The highest BCUT2D eigenvalue weighted by molar-refractivity contribution is 8.00. The Morgan fingerprint density at radius 2 is 2.04 bits per heavy atom. The first-order valence-electron chi connectivity index (χ1n) is 8.12. The Balaban J connectivity index is 1.57. The topological polar surface area (TPSA) is 98.7 Å². The van der Waals surface area contributed by atoms with Gasteiger partial charge in [-0.25, -0.2) is 4.79 Å². The quantitative estimate of drug-likeness (QED) is 0.429. The highest BCUT2D eigenvalue weighted by Gasteiger charge is 2.42. The number of aliphatic carboxylic acids is 1. The summed E-state index contributed by atoms with van der Waals surface area (Å²) in [5.41, 5.74) is 0. The lowest BCUT2D eigenvalue weighted by Gasteiger charge is -2.18. The van der Waals surface area contributed by atoms with Crippen LogP contribution >= 0.6 is 11.8 Å². The third kappa shape index (κ3) is 5.30. The average molecular weight is 343 g/mol. The van der Waals surface area contributed by atoms with E-state index in [0.29, 0.717) is 24.6 Å². The SMILES string of the molecule is CN(CCCC(=O)O)C(=O)CCCC[C@@H]1SC[C@@H]2NC(=O)N[C@@H]21. The zero-order chi connectivity index (χ0) is 16.8. The van der Waals surface area contributed by atoms with Gasteiger partial charge in [0.25, 0.3) is 0 Å². The van der Waals surface area contributed by atoms with E-state index < -0.39 is 5.97 Å². The standard InChI is InChI=1S/C15H25N3O4S/c1-18(8-4-7-13(20)21)12(19)6-3-2-5-11-14-10(9-23-11)16-15(22)17-14/h10-11,14H,2-9H2,1H3,(H,20,21)(H2,16,17,22)/t10-,11-,14-/m0/s1. The predicted molar refractivity (Wildman–Crippen MR) is 88.5 cm³/mol. The first-order chi connectivity index (χ1) is 11.0. The van der Waals surface area contributed by atoms with Gasteiger partial charge in [-0.15, -0.1) is 0 Å². The van der Waals surface area contributed by atoms with E-state index in [4.69, 9.17) is 5.11 Å². The minimum Gasteiger partial charge on any atom is -0.481 e. The molecule has 3 N–H and O–H groups in total. The third-order valence-electron chi connectivity index (χ3n) is 4.38. The number of carboxylic acids is 1. The van der Waals surface area contributed by atoms with Gasteiger partial charge in [-0.05, 0) is 19.3 Å². The molecule has 0 aromatic heterocycles. The highest BCUT2D eigenvalue weighted by Crippen LogP contribution is 2.33. The largest absolute Gasteiger partial charge is 0.481 e. The second-order valence-corrected chi connectivity index (χ2v) is 7.45. The number of carbonyl (C=O) groups is 3. The molecule has 7 nitrogen and oxygen atoms in total. The van der Waals surface area contributed by atoms with Crippen LogP contribution in [0.5, 0.6) is 0 Å².